The van der Waals surface area contributed by atoms with Gasteiger partial charge in [-0.3, -0.25) is 14.6 Å². The Morgan fingerprint density at radius 2 is 2.25 bits per heavy atom. The van der Waals surface area contributed by atoms with Crippen LogP contribution in [0.15, 0.2) is 4.52 Å². The number of urea groups is 1. The minimum atomic E-state index is -0.304. The van der Waals surface area contributed by atoms with E-state index >= 15 is 0 Å². The number of aromatic nitrogens is 2. The molecule has 1 aromatic heterocycles. The fourth-order valence-corrected chi connectivity index (χ4v) is 2.75. The predicted octanol–water partition coefficient (Wildman–Crippen LogP) is 0.0667. The van der Waals surface area contributed by atoms with E-state index in [4.69, 9.17) is 4.52 Å². The van der Waals surface area contributed by atoms with Gasteiger partial charge in [0.25, 0.3) is 0 Å². The van der Waals surface area contributed by atoms with Gasteiger partial charge in [-0.05, 0) is 19.4 Å². The molecule has 3 heterocycles. The van der Waals surface area contributed by atoms with Crippen molar-refractivity contribution in [2.45, 2.75) is 25.8 Å². The van der Waals surface area contributed by atoms with Crippen molar-refractivity contribution in [2.75, 3.05) is 26.2 Å². The number of aryl methyl sites for hydroxylation is 1. The average Bonchev–Trinajstić information content (AvgIpc) is 3.10. The van der Waals surface area contributed by atoms with Crippen LogP contribution in [0, 0.1) is 6.92 Å². The zero-order chi connectivity index (χ0) is 14.1. The van der Waals surface area contributed by atoms with Crippen LogP contribution in [0.1, 0.15) is 30.6 Å². The van der Waals surface area contributed by atoms with Crippen molar-refractivity contribution in [1.82, 2.24) is 25.3 Å². The maximum Gasteiger partial charge on any atom is 0.324 e. The summed E-state index contributed by atoms with van der Waals surface area (Å²) in [5.74, 6) is 1.08. The number of hydrogen-bond acceptors (Lipinski definition) is 6. The summed E-state index contributed by atoms with van der Waals surface area (Å²) in [6, 6.07) is -0.186. The van der Waals surface area contributed by atoms with Gasteiger partial charge >= 0.3 is 6.03 Å². The zero-order valence-corrected chi connectivity index (χ0v) is 11.3. The third-order valence-corrected chi connectivity index (χ3v) is 3.75. The van der Waals surface area contributed by atoms with Gasteiger partial charge in [0.1, 0.15) is 0 Å². The summed E-state index contributed by atoms with van der Waals surface area (Å²) in [5, 5.41) is 6.49. The number of carbonyl (C=O) groups excluding carboxylic acids is 2. The first-order chi connectivity index (χ1) is 9.65. The number of rotatable bonds is 4. The molecule has 0 aromatic carbocycles. The molecule has 2 aliphatic heterocycles. The molecule has 108 valence electrons. The predicted molar refractivity (Wildman–Crippen MR) is 67.7 cm³/mol. The van der Waals surface area contributed by atoms with E-state index in [1.165, 1.54) is 4.90 Å². The van der Waals surface area contributed by atoms with Crippen LogP contribution in [0.25, 0.3) is 0 Å². The minimum absolute atomic E-state index is 0.103. The number of nitrogens with one attached hydrogen (secondary N) is 1. The molecule has 0 saturated carbocycles. The SMILES string of the molecule is Cc1nc([C@H]2CCCN2CCN2C(=O)CNC2=O)no1. The smallest absolute Gasteiger partial charge is 0.324 e. The molecule has 8 nitrogen and oxygen atoms in total. The van der Waals surface area contributed by atoms with Gasteiger partial charge in [0.05, 0.1) is 12.6 Å². The maximum absolute atomic E-state index is 11.5. The molecular weight excluding hydrogens is 262 g/mol. The van der Waals surface area contributed by atoms with Crippen molar-refractivity contribution in [1.29, 1.82) is 0 Å². The lowest BCUT2D eigenvalue weighted by Crippen LogP contribution is -2.38. The monoisotopic (exact) mass is 279 g/mol. The second-order valence-corrected chi connectivity index (χ2v) is 5.07. The molecule has 3 rings (SSSR count). The summed E-state index contributed by atoms with van der Waals surface area (Å²) in [6.07, 6.45) is 2.03. The molecule has 2 fully saturated rings. The highest BCUT2D eigenvalue weighted by Gasteiger charge is 2.33. The normalized spacial score (nSPS) is 23.6. The van der Waals surface area contributed by atoms with Gasteiger partial charge in [0.15, 0.2) is 5.82 Å². The summed E-state index contributed by atoms with van der Waals surface area (Å²) in [5.41, 5.74) is 0. The molecule has 20 heavy (non-hydrogen) atoms. The molecule has 2 saturated heterocycles. The van der Waals surface area contributed by atoms with Crippen molar-refractivity contribution < 1.29 is 14.1 Å². The first kappa shape index (κ1) is 13.0. The van der Waals surface area contributed by atoms with E-state index in [1.54, 1.807) is 6.92 Å². The number of amides is 3. The fraction of sp³-hybridized carbons (Fsp3) is 0.667. The van der Waals surface area contributed by atoms with E-state index in [2.05, 4.69) is 20.4 Å². The number of hydrogen-bond donors (Lipinski definition) is 1. The Labute approximate surface area is 116 Å². The van der Waals surface area contributed by atoms with Gasteiger partial charge in [-0.15, -0.1) is 0 Å². The Morgan fingerprint density at radius 1 is 1.40 bits per heavy atom. The van der Waals surface area contributed by atoms with E-state index in [1.807, 2.05) is 0 Å². The Kier molecular flexibility index (Phi) is 3.39. The summed E-state index contributed by atoms with van der Waals surface area (Å²) in [7, 11) is 0. The molecule has 8 heteroatoms. The van der Waals surface area contributed by atoms with Crippen molar-refractivity contribution in [3.05, 3.63) is 11.7 Å². The molecule has 0 spiro atoms. The molecule has 0 radical (unpaired) electrons. The van der Waals surface area contributed by atoms with Crippen molar-refractivity contribution in [3.8, 4) is 0 Å². The van der Waals surface area contributed by atoms with Crippen LogP contribution in [0.4, 0.5) is 4.79 Å². The van der Waals surface area contributed by atoms with Crippen LogP contribution >= 0.6 is 0 Å². The molecule has 2 aliphatic rings. The van der Waals surface area contributed by atoms with Gasteiger partial charge in [-0.1, -0.05) is 5.16 Å². The molecule has 1 aromatic rings. The average molecular weight is 279 g/mol. The highest BCUT2D eigenvalue weighted by molar-refractivity contribution is 6.01. The molecule has 0 unspecified atom stereocenters. The topological polar surface area (TPSA) is 91.6 Å². The minimum Gasteiger partial charge on any atom is -0.340 e. The van der Waals surface area contributed by atoms with E-state index in [0.717, 1.165) is 19.4 Å². The van der Waals surface area contributed by atoms with Crippen molar-refractivity contribution in [2.24, 2.45) is 0 Å². The van der Waals surface area contributed by atoms with E-state index in [9.17, 15) is 9.59 Å². The lowest BCUT2D eigenvalue weighted by Gasteiger charge is -2.23. The Morgan fingerprint density at radius 3 is 2.90 bits per heavy atom. The molecule has 1 atom stereocenters. The standard InChI is InChI=1S/C12H17N5O3/c1-8-14-11(15-20-8)9-3-2-4-16(9)5-6-17-10(18)7-13-12(17)19/h9H,2-7H2,1H3,(H,13,19)/t9-/m1/s1. The third kappa shape index (κ3) is 2.38. The summed E-state index contributed by atoms with van der Waals surface area (Å²) < 4.78 is 5.02. The first-order valence-electron chi connectivity index (χ1n) is 6.77. The van der Waals surface area contributed by atoms with E-state index in [0.29, 0.717) is 24.8 Å². The molecule has 3 amide bonds. The Hall–Kier alpha value is -1.96. The van der Waals surface area contributed by atoms with Gasteiger partial charge < -0.3 is 9.84 Å². The number of imide groups is 1. The maximum atomic E-state index is 11.5. The summed E-state index contributed by atoms with van der Waals surface area (Å²) in [6.45, 7) is 3.83. The number of nitrogens with zero attached hydrogens (tertiary/aromatic N) is 4. The zero-order valence-electron chi connectivity index (χ0n) is 11.3. The number of carbonyl (C=O) groups is 2. The highest BCUT2D eigenvalue weighted by Crippen LogP contribution is 2.29. The molecule has 0 bridgehead atoms. The second-order valence-electron chi connectivity index (χ2n) is 5.07. The van der Waals surface area contributed by atoms with E-state index < -0.39 is 0 Å². The first-order valence-corrected chi connectivity index (χ1v) is 6.77. The lowest BCUT2D eigenvalue weighted by atomic mass is 10.2. The van der Waals surface area contributed by atoms with Crippen molar-refractivity contribution in [3.63, 3.8) is 0 Å². The second kappa shape index (κ2) is 5.20. The Bertz CT molecular complexity index is 513. The van der Waals surface area contributed by atoms with Crippen LogP contribution in [0.2, 0.25) is 0 Å². The van der Waals surface area contributed by atoms with Gasteiger partial charge in [-0.25, -0.2) is 4.79 Å². The molecular formula is C12H17N5O3. The number of likely N-dealkylation sites (tertiary alicyclic amines) is 1. The lowest BCUT2D eigenvalue weighted by molar-refractivity contribution is -0.125. The Balaban J connectivity index is 1.62. The highest BCUT2D eigenvalue weighted by atomic mass is 16.5. The van der Waals surface area contributed by atoms with Gasteiger partial charge in [-0.2, -0.15) is 4.98 Å². The van der Waals surface area contributed by atoms with Crippen molar-refractivity contribution >= 4 is 11.9 Å². The van der Waals surface area contributed by atoms with Crippen LogP contribution in [-0.4, -0.2) is 58.1 Å². The van der Waals surface area contributed by atoms with Gasteiger partial charge in [0.2, 0.25) is 11.8 Å². The van der Waals surface area contributed by atoms with E-state index in [-0.39, 0.29) is 24.5 Å². The molecule has 0 aliphatic carbocycles. The van der Waals surface area contributed by atoms with Crippen LogP contribution in [0.3, 0.4) is 0 Å². The fourth-order valence-electron chi connectivity index (χ4n) is 2.75. The van der Waals surface area contributed by atoms with Crippen LogP contribution in [-0.2, 0) is 4.79 Å². The molecule has 1 N–H and O–H groups in total. The largest absolute Gasteiger partial charge is 0.340 e. The summed E-state index contributed by atoms with van der Waals surface area (Å²) in [4.78, 5) is 30.7. The third-order valence-electron chi connectivity index (χ3n) is 3.75. The van der Waals surface area contributed by atoms with Crippen LogP contribution < -0.4 is 5.32 Å². The quantitative estimate of drug-likeness (QED) is 0.784. The summed E-state index contributed by atoms with van der Waals surface area (Å²) >= 11 is 0. The van der Waals surface area contributed by atoms with Crippen LogP contribution in [0.5, 0.6) is 0 Å². The van der Waals surface area contributed by atoms with Gasteiger partial charge in [0, 0.05) is 20.0 Å².